The minimum absolute atomic E-state index is 0.273. The molecule has 0 amide bonds. The van der Waals surface area contributed by atoms with E-state index >= 15 is 0 Å². The van der Waals surface area contributed by atoms with E-state index in [1.807, 2.05) is 61.5 Å². The smallest absolute Gasteiger partial charge is 0.354 e. The lowest BCUT2D eigenvalue weighted by molar-refractivity contribution is 0.500. The third-order valence-corrected chi connectivity index (χ3v) is 4.28. The topological polar surface area (TPSA) is 30.2 Å². The molecule has 0 aliphatic carbocycles. The number of aryl methyl sites for hydroxylation is 1. The first-order chi connectivity index (χ1) is 10.7. The third kappa shape index (κ3) is 3.62. The van der Waals surface area contributed by atoms with Gasteiger partial charge >= 0.3 is 5.63 Å². The summed E-state index contributed by atoms with van der Waals surface area (Å²) in [4.78, 5) is 11.9. The van der Waals surface area contributed by atoms with Crippen molar-refractivity contribution in [3.05, 3.63) is 91.0 Å². The molecule has 0 unspecified atom stereocenters. The van der Waals surface area contributed by atoms with E-state index in [0.29, 0.717) is 9.26 Å². The molecule has 0 atom stereocenters. The van der Waals surface area contributed by atoms with Gasteiger partial charge in [0.1, 0.15) is 4.53 Å². The molecule has 3 heteroatoms. The lowest BCUT2D eigenvalue weighted by Gasteiger charge is -1.92. The Hall–Kier alpha value is -2.39. The molecule has 3 rings (SSSR count). The van der Waals surface area contributed by atoms with E-state index < -0.39 is 0 Å². The van der Waals surface area contributed by atoms with Gasteiger partial charge in [0.15, 0.2) is 4.73 Å². The van der Waals surface area contributed by atoms with Gasteiger partial charge in [0.2, 0.25) is 0 Å². The molecule has 0 aliphatic heterocycles. The van der Waals surface area contributed by atoms with Gasteiger partial charge < -0.3 is 4.42 Å². The second kappa shape index (κ2) is 6.58. The van der Waals surface area contributed by atoms with E-state index in [1.165, 1.54) is 22.5 Å². The van der Waals surface area contributed by atoms with Crippen molar-refractivity contribution in [1.82, 2.24) is 0 Å². The Balaban J connectivity index is 1.90. The summed E-state index contributed by atoms with van der Waals surface area (Å²) < 4.78 is 6.60. The summed E-state index contributed by atoms with van der Waals surface area (Å²) >= 11 is 1.39. The zero-order valence-electron chi connectivity index (χ0n) is 12.3. The molecule has 2 aromatic carbocycles. The predicted molar refractivity (Wildman–Crippen MR) is 91.5 cm³/mol. The minimum atomic E-state index is -0.273. The Labute approximate surface area is 132 Å². The molecule has 0 spiro atoms. The van der Waals surface area contributed by atoms with Crippen molar-refractivity contribution in [3.8, 4) is 0 Å². The Morgan fingerprint density at radius 1 is 1.05 bits per heavy atom. The quantitative estimate of drug-likeness (QED) is 0.745. The maximum absolute atomic E-state index is 11.9. The summed E-state index contributed by atoms with van der Waals surface area (Å²) in [6.07, 6.45) is 4.58. The van der Waals surface area contributed by atoms with Crippen molar-refractivity contribution in [1.29, 1.82) is 0 Å². The predicted octanol–water partition coefficient (Wildman–Crippen LogP) is 2.86. The van der Waals surface area contributed by atoms with Crippen molar-refractivity contribution in [2.75, 3.05) is 0 Å². The van der Waals surface area contributed by atoms with Crippen LogP contribution in [0.1, 0.15) is 16.7 Å². The van der Waals surface area contributed by atoms with Crippen LogP contribution in [0.5, 0.6) is 0 Å². The van der Waals surface area contributed by atoms with Crippen LogP contribution >= 0.6 is 11.3 Å². The Kier molecular flexibility index (Phi) is 4.35. The van der Waals surface area contributed by atoms with Crippen molar-refractivity contribution in [2.45, 2.75) is 13.3 Å². The van der Waals surface area contributed by atoms with Crippen LogP contribution in [-0.2, 0) is 6.42 Å². The van der Waals surface area contributed by atoms with Crippen LogP contribution in [-0.4, -0.2) is 0 Å². The highest BCUT2D eigenvalue weighted by atomic mass is 32.1. The van der Waals surface area contributed by atoms with Gasteiger partial charge in [-0.25, -0.2) is 4.79 Å². The van der Waals surface area contributed by atoms with Crippen LogP contribution < -0.4 is 14.9 Å². The molecule has 22 heavy (non-hydrogen) atoms. The summed E-state index contributed by atoms with van der Waals surface area (Å²) in [5, 5.41) is 0. The van der Waals surface area contributed by atoms with E-state index in [4.69, 9.17) is 4.42 Å². The molecule has 1 heterocycles. The van der Waals surface area contributed by atoms with E-state index in [2.05, 4.69) is 12.1 Å². The molecule has 0 saturated heterocycles. The van der Waals surface area contributed by atoms with Gasteiger partial charge in [0, 0.05) is 0 Å². The fraction of sp³-hybridized carbons (Fsp3) is 0.105. The average Bonchev–Trinajstić information content (AvgIpc) is 2.89. The Morgan fingerprint density at radius 3 is 2.50 bits per heavy atom. The molecule has 1 aromatic heterocycles. The fourth-order valence-electron chi connectivity index (χ4n) is 2.11. The van der Waals surface area contributed by atoms with Crippen LogP contribution in [0.2, 0.25) is 0 Å². The average molecular weight is 308 g/mol. The first kappa shape index (κ1) is 14.5. The van der Waals surface area contributed by atoms with Crippen LogP contribution in [0.4, 0.5) is 0 Å². The second-order valence-electron chi connectivity index (χ2n) is 5.12. The molecule has 0 fully saturated rings. The largest absolute Gasteiger partial charge is 0.412 e. The highest BCUT2D eigenvalue weighted by Gasteiger charge is 1.98. The number of hydrogen-bond donors (Lipinski definition) is 0. The molecular weight excluding hydrogens is 292 g/mol. The van der Waals surface area contributed by atoms with Crippen molar-refractivity contribution in [2.24, 2.45) is 0 Å². The van der Waals surface area contributed by atoms with Gasteiger partial charge in [0.25, 0.3) is 0 Å². The lowest BCUT2D eigenvalue weighted by Crippen LogP contribution is -2.15. The van der Waals surface area contributed by atoms with E-state index in [1.54, 1.807) is 0 Å². The molecule has 3 aromatic rings. The van der Waals surface area contributed by atoms with Crippen molar-refractivity contribution < 1.29 is 4.42 Å². The van der Waals surface area contributed by atoms with Crippen molar-refractivity contribution >= 4 is 23.5 Å². The molecular formula is C19H16O2S. The SMILES string of the molecule is Cc1ccc(/C=c2/s/c(=C\Cc3ccccc3)oc2=O)cc1. The molecule has 0 saturated carbocycles. The maximum Gasteiger partial charge on any atom is 0.354 e. The molecule has 0 bridgehead atoms. The summed E-state index contributed by atoms with van der Waals surface area (Å²) in [7, 11) is 0. The van der Waals surface area contributed by atoms with Gasteiger partial charge in [-0.3, -0.25) is 0 Å². The second-order valence-corrected chi connectivity index (χ2v) is 6.17. The highest BCUT2D eigenvalue weighted by Crippen LogP contribution is 2.03. The minimum Gasteiger partial charge on any atom is -0.412 e. The number of benzene rings is 2. The molecule has 0 radical (unpaired) electrons. The molecule has 0 N–H and O–H groups in total. The summed E-state index contributed by atoms with van der Waals surface area (Å²) in [5.74, 6) is 0. The first-order valence-electron chi connectivity index (χ1n) is 7.13. The van der Waals surface area contributed by atoms with Gasteiger partial charge in [-0.1, -0.05) is 71.5 Å². The Bertz CT molecular complexity index is 916. The van der Waals surface area contributed by atoms with Gasteiger partial charge in [-0.2, -0.15) is 0 Å². The van der Waals surface area contributed by atoms with Gasteiger partial charge in [-0.05, 0) is 36.6 Å². The fourth-order valence-corrected chi connectivity index (χ4v) is 2.93. The van der Waals surface area contributed by atoms with Gasteiger partial charge in [-0.15, -0.1) is 0 Å². The Morgan fingerprint density at radius 2 is 1.77 bits per heavy atom. The zero-order chi connectivity index (χ0) is 15.4. The van der Waals surface area contributed by atoms with Gasteiger partial charge in [0.05, 0.1) is 0 Å². The summed E-state index contributed by atoms with van der Waals surface area (Å²) in [6, 6.07) is 18.2. The van der Waals surface area contributed by atoms with Crippen LogP contribution in [0.25, 0.3) is 12.2 Å². The standard InChI is InChI=1S/C19H16O2S/c1-14-7-9-16(10-8-14)13-17-19(20)21-18(22-17)12-11-15-5-3-2-4-6-15/h2-10,12-13H,11H2,1H3/b17-13+,18-12-. The molecule has 2 nitrogen and oxygen atoms in total. The highest BCUT2D eigenvalue weighted by molar-refractivity contribution is 7.07. The van der Waals surface area contributed by atoms with Crippen LogP contribution in [0, 0.1) is 6.92 Å². The van der Waals surface area contributed by atoms with E-state index in [9.17, 15) is 4.79 Å². The zero-order valence-corrected chi connectivity index (χ0v) is 13.1. The normalized spacial score (nSPS) is 12.8. The maximum atomic E-state index is 11.9. The summed E-state index contributed by atoms with van der Waals surface area (Å²) in [6.45, 7) is 2.04. The van der Waals surface area contributed by atoms with Crippen LogP contribution in [0.3, 0.4) is 0 Å². The van der Waals surface area contributed by atoms with E-state index in [0.717, 1.165) is 12.0 Å². The molecule has 0 aliphatic rings. The molecule has 110 valence electrons. The van der Waals surface area contributed by atoms with Crippen LogP contribution in [0.15, 0.2) is 63.8 Å². The third-order valence-electron chi connectivity index (χ3n) is 3.33. The summed E-state index contributed by atoms with van der Waals surface area (Å²) in [5.41, 5.74) is 3.13. The number of rotatable bonds is 3. The monoisotopic (exact) mass is 308 g/mol. The lowest BCUT2D eigenvalue weighted by atomic mass is 10.1. The first-order valence-corrected chi connectivity index (χ1v) is 7.95. The van der Waals surface area contributed by atoms with Crippen molar-refractivity contribution in [3.63, 3.8) is 0 Å². The number of hydrogen-bond acceptors (Lipinski definition) is 3. The van der Waals surface area contributed by atoms with E-state index in [-0.39, 0.29) is 5.63 Å².